The third-order valence-corrected chi connectivity index (χ3v) is 3.29. The van der Waals surface area contributed by atoms with Crippen molar-refractivity contribution in [2.24, 2.45) is 0 Å². The predicted molar refractivity (Wildman–Crippen MR) is 82.3 cm³/mol. The average Bonchev–Trinajstić information content (AvgIpc) is 2.43. The largest absolute Gasteiger partial charge is 0.396 e. The number of aliphatic hydroxyl groups is 1. The van der Waals surface area contributed by atoms with E-state index in [-0.39, 0.29) is 25.1 Å². The number of carbonyl (C=O) groups is 2. The molecule has 0 fully saturated rings. The zero-order chi connectivity index (χ0) is 15.8. The maximum absolute atomic E-state index is 11.9. The number of nitrogens with zero attached hydrogens (tertiary/aromatic N) is 1. The lowest BCUT2D eigenvalue weighted by Crippen LogP contribution is -2.43. The summed E-state index contributed by atoms with van der Waals surface area (Å²) in [6.45, 7) is 4.74. The maximum Gasteiger partial charge on any atom is 0.257 e. The van der Waals surface area contributed by atoms with Gasteiger partial charge < -0.3 is 5.11 Å². The van der Waals surface area contributed by atoms with Crippen LogP contribution in [0.2, 0.25) is 5.02 Å². The number of nitrogens with one attached hydrogen (secondary N) is 1. The van der Waals surface area contributed by atoms with Gasteiger partial charge in [-0.25, -0.2) is 0 Å². The molecule has 116 valence electrons. The molecular formula is C15H21ClN2O3. The second kappa shape index (κ2) is 8.77. The first-order chi connectivity index (χ1) is 9.93. The molecule has 0 atom stereocenters. The second-order valence-electron chi connectivity index (χ2n) is 5.03. The fourth-order valence-corrected chi connectivity index (χ4v) is 1.94. The lowest BCUT2D eigenvalue weighted by Gasteiger charge is -2.25. The minimum absolute atomic E-state index is 0.0779. The lowest BCUT2D eigenvalue weighted by molar-refractivity contribution is -0.121. The van der Waals surface area contributed by atoms with Crippen molar-refractivity contribution in [1.29, 1.82) is 0 Å². The van der Waals surface area contributed by atoms with E-state index in [9.17, 15) is 9.59 Å². The quantitative estimate of drug-likeness (QED) is 0.804. The third kappa shape index (κ3) is 6.25. The molecule has 21 heavy (non-hydrogen) atoms. The maximum atomic E-state index is 11.9. The number of carbonyl (C=O) groups excluding carboxylic acids is 2. The van der Waals surface area contributed by atoms with Gasteiger partial charge in [0.2, 0.25) is 5.91 Å². The first-order valence-electron chi connectivity index (χ1n) is 6.88. The summed E-state index contributed by atoms with van der Waals surface area (Å²) in [6.07, 6.45) is 0.594. The van der Waals surface area contributed by atoms with Gasteiger partial charge in [-0.2, -0.15) is 0 Å². The Morgan fingerprint density at radius 1 is 1.29 bits per heavy atom. The molecule has 0 radical (unpaired) electrons. The number of halogens is 1. The van der Waals surface area contributed by atoms with Crippen molar-refractivity contribution >= 4 is 23.4 Å². The molecule has 0 heterocycles. The average molecular weight is 313 g/mol. The molecule has 0 aliphatic carbocycles. The predicted octanol–water partition coefficient (Wildman–Crippen LogP) is 1.69. The first-order valence-corrected chi connectivity index (χ1v) is 7.26. The van der Waals surface area contributed by atoms with Crippen molar-refractivity contribution in [3.05, 3.63) is 34.9 Å². The molecule has 5 nitrogen and oxygen atoms in total. The van der Waals surface area contributed by atoms with Gasteiger partial charge in [-0.3, -0.25) is 19.8 Å². The van der Waals surface area contributed by atoms with Gasteiger partial charge in [-0.1, -0.05) is 11.6 Å². The van der Waals surface area contributed by atoms with Crippen LogP contribution in [-0.2, 0) is 4.79 Å². The third-order valence-electron chi connectivity index (χ3n) is 3.04. The molecule has 0 aliphatic rings. The number of amides is 2. The molecule has 1 aromatic rings. The first kappa shape index (κ1) is 17.6. The Kier molecular flexibility index (Phi) is 7.36. The number of hydrogen-bond acceptors (Lipinski definition) is 4. The fraction of sp³-hybridized carbons (Fsp3) is 0.467. The lowest BCUT2D eigenvalue weighted by atomic mass is 10.2. The molecule has 6 heteroatoms. The molecule has 0 aromatic heterocycles. The van der Waals surface area contributed by atoms with Gasteiger partial charge in [-0.15, -0.1) is 0 Å². The van der Waals surface area contributed by atoms with E-state index in [1.54, 1.807) is 24.3 Å². The van der Waals surface area contributed by atoms with Crippen molar-refractivity contribution in [1.82, 2.24) is 10.2 Å². The zero-order valence-electron chi connectivity index (χ0n) is 12.3. The summed E-state index contributed by atoms with van der Waals surface area (Å²) >= 11 is 5.75. The standard InChI is InChI=1S/C15H21ClN2O3/c1-11(2)18(8-3-9-19)10-14(20)17-15(21)12-4-6-13(16)7-5-12/h4-7,11,19H,3,8-10H2,1-2H3,(H,17,20,21). The number of rotatable bonds is 7. The van der Waals surface area contributed by atoms with Crippen LogP contribution in [0.3, 0.4) is 0 Å². The molecule has 0 spiro atoms. The second-order valence-corrected chi connectivity index (χ2v) is 5.46. The van der Waals surface area contributed by atoms with Crippen molar-refractivity contribution in [2.45, 2.75) is 26.3 Å². The van der Waals surface area contributed by atoms with Gasteiger partial charge in [0.15, 0.2) is 0 Å². The molecule has 1 aromatic carbocycles. The molecule has 2 N–H and O–H groups in total. The highest BCUT2D eigenvalue weighted by molar-refractivity contribution is 6.30. The molecule has 0 unspecified atom stereocenters. The normalized spacial score (nSPS) is 11.0. The summed E-state index contributed by atoms with van der Waals surface area (Å²) < 4.78 is 0. The van der Waals surface area contributed by atoms with Crippen molar-refractivity contribution < 1.29 is 14.7 Å². The van der Waals surface area contributed by atoms with Crippen LogP contribution in [0.5, 0.6) is 0 Å². The van der Waals surface area contributed by atoms with Crippen LogP contribution in [0.15, 0.2) is 24.3 Å². The van der Waals surface area contributed by atoms with Crippen LogP contribution < -0.4 is 5.32 Å². The van der Waals surface area contributed by atoms with Crippen LogP contribution >= 0.6 is 11.6 Å². The van der Waals surface area contributed by atoms with Gasteiger partial charge >= 0.3 is 0 Å². The van der Waals surface area contributed by atoms with E-state index >= 15 is 0 Å². The van der Waals surface area contributed by atoms with Crippen LogP contribution in [0.4, 0.5) is 0 Å². The highest BCUT2D eigenvalue weighted by Crippen LogP contribution is 2.09. The zero-order valence-corrected chi connectivity index (χ0v) is 13.1. The van der Waals surface area contributed by atoms with E-state index < -0.39 is 5.91 Å². The summed E-state index contributed by atoms with van der Waals surface area (Å²) in [6, 6.07) is 6.49. The van der Waals surface area contributed by atoms with E-state index in [1.807, 2.05) is 18.7 Å². The molecule has 0 saturated heterocycles. The Hall–Kier alpha value is -1.43. The monoisotopic (exact) mass is 312 g/mol. The minimum atomic E-state index is -0.442. The summed E-state index contributed by atoms with van der Waals surface area (Å²) in [7, 11) is 0. The molecule has 0 bridgehead atoms. The number of benzene rings is 1. The van der Waals surface area contributed by atoms with Crippen LogP contribution in [-0.4, -0.2) is 47.6 Å². The Morgan fingerprint density at radius 2 is 1.90 bits per heavy atom. The highest BCUT2D eigenvalue weighted by atomic mass is 35.5. The van der Waals surface area contributed by atoms with Crippen LogP contribution in [0.25, 0.3) is 0 Å². The summed E-state index contributed by atoms with van der Waals surface area (Å²) in [5.74, 6) is -0.802. The van der Waals surface area contributed by atoms with Gasteiger partial charge in [0, 0.05) is 29.8 Å². The Labute approximate surface area is 129 Å². The molecule has 2 amide bonds. The van der Waals surface area contributed by atoms with Crippen molar-refractivity contribution in [3.8, 4) is 0 Å². The minimum Gasteiger partial charge on any atom is -0.396 e. The smallest absolute Gasteiger partial charge is 0.257 e. The summed E-state index contributed by atoms with van der Waals surface area (Å²) in [5.41, 5.74) is 0.388. The molecule has 1 rings (SSSR count). The number of imide groups is 1. The topological polar surface area (TPSA) is 69.6 Å². The van der Waals surface area contributed by atoms with Gasteiger partial charge in [0.05, 0.1) is 6.54 Å². The molecular weight excluding hydrogens is 292 g/mol. The van der Waals surface area contributed by atoms with Crippen molar-refractivity contribution in [2.75, 3.05) is 19.7 Å². The summed E-state index contributed by atoms with van der Waals surface area (Å²) in [4.78, 5) is 25.7. The van der Waals surface area contributed by atoms with E-state index in [2.05, 4.69) is 5.32 Å². The Bertz CT molecular complexity index is 474. The van der Waals surface area contributed by atoms with Crippen LogP contribution in [0, 0.1) is 0 Å². The number of hydrogen-bond donors (Lipinski definition) is 2. The Balaban J connectivity index is 2.55. The number of aliphatic hydroxyl groups excluding tert-OH is 1. The van der Waals surface area contributed by atoms with E-state index in [4.69, 9.17) is 16.7 Å². The SMILES string of the molecule is CC(C)N(CCCO)CC(=O)NC(=O)c1ccc(Cl)cc1. The van der Waals surface area contributed by atoms with E-state index in [1.165, 1.54) is 0 Å². The molecule has 0 saturated carbocycles. The summed E-state index contributed by atoms with van der Waals surface area (Å²) in [5, 5.41) is 11.7. The highest BCUT2D eigenvalue weighted by Gasteiger charge is 2.16. The fourth-order valence-electron chi connectivity index (χ4n) is 1.82. The van der Waals surface area contributed by atoms with Gasteiger partial charge in [-0.05, 0) is 44.5 Å². The van der Waals surface area contributed by atoms with Crippen LogP contribution in [0.1, 0.15) is 30.6 Å². The van der Waals surface area contributed by atoms with E-state index in [0.717, 1.165) is 0 Å². The van der Waals surface area contributed by atoms with Gasteiger partial charge in [0.1, 0.15) is 0 Å². The van der Waals surface area contributed by atoms with E-state index in [0.29, 0.717) is 23.6 Å². The van der Waals surface area contributed by atoms with Crippen molar-refractivity contribution in [3.63, 3.8) is 0 Å². The molecule has 0 aliphatic heterocycles. The van der Waals surface area contributed by atoms with Gasteiger partial charge in [0.25, 0.3) is 5.91 Å². The Morgan fingerprint density at radius 3 is 2.43 bits per heavy atom.